The van der Waals surface area contributed by atoms with E-state index in [-0.39, 0.29) is 18.4 Å². The van der Waals surface area contributed by atoms with Crippen LogP contribution >= 0.6 is 11.6 Å². The summed E-state index contributed by atoms with van der Waals surface area (Å²) in [6, 6.07) is 4.78. The normalized spacial score (nSPS) is 12.5. The number of hydrogen-bond acceptors (Lipinski definition) is 3. The van der Waals surface area contributed by atoms with Crippen LogP contribution in [-0.2, 0) is 20.1 Å². The smallest absolute Gasteiger partial charge is 0.165 e. The molecule has 2 rings (SSSR count). The van der Waals surface area contributed by atoms with Gasteiger partial charge in [-0.15, -0.1) is 0 Å². The van der Waals surface area contributed by atoms with Crippen molar-refractivity contribution in [2.45, 2.75) is 32.9 Å². The van der Waals surface area contributed by atoms with Crippen molar-refractivity contribution in [2.75, 3.05) is 0 Å². The van der Waals surface area contributed by atoms with Crippen LogP contribution in [0.1, 0.15) is 23.7 Å². The highest BCUT2D eigenvalue weighted by atomic mass is 35.5. The lowest BCUT2D eigenvalue weighted by atomic mass is 10.1. The van der Waals surface area contributed by atoms with Gasteiger partial charge >= 0.3 is 0 Å². The molecule has 0 saturated carbocycles. The maximum atomic E-state index is 14.0. The molecule has 0 fully saturated rings. The molecule has 1 atom stereocenters. The molecule has 1 aromatic carbocycles. The molecule has 2 aromatic rings. The zero-order valence-corrected chi connectivity index (χ0v) is 13.1. The van der Waals surface area contributed by atoms with Crippen LogP contribution in [0.15, 0.2) is 18.2 Å². The van der Waals surface area contributed by atoms with Crippen molar-refractivity contribution in [2.24, 2.45) is 12.8 Å². The summed E-state index contributed by atoms with van der Waals surface area (Å²) in [4.78, 5) is 0. The standard InChI is InChI=1S/C15H19ClFN3O/c1-9(18)7-11-5-4-6-13(17)14(11)21-8-12-10(2)19-20(3)15(12)16/h4-6,9H,7-8,18H2,1-3H3. The minimum Gasteiger partial charge on any atom is -0.485 e. The fourth-order valence-corrected chi connectivity index (χ4v) is 2.43. The Morgan fingerprint density at radius 1 is 1.48 bits per heavy atom. The molecule has 0 amide bonds. The van der Waals surface area contributed by atoms with E-state index >= 15 is 0 Å². The summed E-state index contributed by atoms with van der Waals surface area (Å²) in [5.41, 5.74) is 8.07. The van der Waals surface area contributed by atoms with Gasteiger partial charge in [0.1, 0.15) is 11.8 Å². The van der Waals surface area contributed by atoms with E-state index in [1.165, 1.54) is 6.07 Å². The predicted molar refractivity (Wildman–Crippen MR) is 81.0 cm³/mol. The number of hydrogen-bond donors (Lipinski definition) is 1. The van der Waals surface area contributed by atoms with Crippen LogP contribution in [-0.4, -0.2) is 15.8 Å². The largest absolute Gasteiger partial charge is 0.485 e. The molecule has 0 bridgehead atoms. The third kappa shape index (κ3) is 3.54. The van der Waals surface area contributed by atoms with E-state index in [0.29, 0.717) is 11.6 Å². The van der Waals surface area contributed by atoms with Crippen LogP contribution in [0.2, 0.25) is 5.15 Å². The van der Waals surface area contributed by atoms with Gasteiger partial charge in [-0.2, -0.15) is 5.10 Å². The first-order valence-electron chi connectivity index (χ1n) is 6.74. The zero-order chi connectivity index (χ0) is 15.6. The van der Waals surface area contributed by atoms with Crippen molar-refractivity contribution >= 4 is 11.6 Å². The Morgan fingerprint density at radius 3 is 2.76 bits per heavy atom. The lowest BCUT2D eigenvalue weighted by Gasteiger charge is -2.14. The summed E-state index contributed by atoms with van der Waals surface area (Å²) in [5, 5.41) is 4.70. The fraction of sp³-hybridized carbons (Fsp3) is 0.400. The average molecular weight is 312 g/mol. The van der Waals surface area contributed by atoms with Gasteiger partial charge in [0.05, 0.1) is 5.69 Å². The van der Waals surface area contributed by atoms with Crippen LogP contribution in [0.3, 0.4) is 0 Å². The Labute approximate surface area is 128 Å². The Bertz CT molecular complexity index is 640. The van der Waals surface area contributed by atoms with Gasteiger partial charge in [-0.05, 0) is 31.9 Å². The molecular weight excluding hydrogens is 293 g/mol. The van der Waals surface area contributed by atoms with Gasteiger partial charge < -0.3 is 10.5 Å². The lowest BCUT2D eigenvalue weighted by Crippen LogP contribution is -2.18. The summed E-state index contributed by atoms with van der Waals surface area (Å²) in [6.45, 7) is 3.89. The van der Waals surface area contributed by atoms with E-state index in [0.717, 1.165) is 16.8 Å². The fourth-order valence-electron chi connectivity index (χ4n) is 2.20. The molecule has 0 aliphatic carbocycles. The van der Waals surface area contributed by atoms with Crippen molar-refractivity contribution < 1.29 is 9.13 Å². The molecule has 1 heterocycles. The number of nitrogens with zero attached hydrogens (tertiary/aromatic N) is 2. The first-order chi connectivity index (χ1) is 9.90. The molecule has 114 valence electrons. The first kappa shape index (κ1) is 15.8. The first-order valence-corrected chi connectivity index (χ1v) is 7.11. The highest BCUT2D eigenvalue weighted by Gasteiger charge is 2.15. The molecule has 0 aliphatic heterocycles. The highest BCUT2D eigenvalue weighted by Crippen LogP contribution is 2.27. The minimum absolute atomic E-state index is 0.0714. The summed E-state index contributed by atoms with van der Waals surface area (Å²) in [7, 11) is 1.75. The van der Waals surface area contributed by atoms with E-state index in [9.17, 15) is 4.39 Å². The van der Waals surface area contributed by atoms with Gasteiger partial charge in [0.2, 0.25) is 0 Å². The summed E-state index contributed by atoms with van der Waals surface area (Å²) in [6.07, 6.45) is 0.548. The van der Waals surface area contributed by atoms with Crippen LogP contribution in [0.5, 0.6) is 5.75 Å². The number of rotatable bonds is 5. The van der Waals surface area contributed by atoms with Crippen LogP contribution in [0.25, 0.3) is 0 Å². The van der Waals surface area contributed by atoms with Crippen molar-refractivity contribution in [1.29, 1.82) is 0 Å². The van der Waals surface area contributed by atoms with Crippen molar-refractivity contribution in [3.05, 3.63) is 46.0 Å². The van der Waals surface area contributed by atoms with Crippen LogP contribution in [0.4, 0.5) is 4.39 Å². The third-order valence-electron chi connectivity index (χ3n) is 3.22. The molecule has 0 spiro atoms. The minimum atomic E-state index is -0.397. The predicted octanol–water partition coefficient (Wildman–Crippen LogP) is 2.99. The monoisotopic (exact) mass is 311 g/mol. The molecule has 4 nitrogen and oxygen atoms in total. The maximum Gasteiger partial charge on any atom is 0.165 e. The number of aromatic nitrogens is 2. The average Bonchev–Trinajstić information content (AvgIpc) is 2.63. The number of benzene rings is 1. The quantitative estimate of drug-likeness (QED) is 0.923. The summed E-state index contributed by atoms with van der Waals surface area (Å²) < 4.78 is 21.2. The zero-order valence-electron chi connectivity index (χ0n) is 12.4. The van der Waals surface area contributed by atoms with Gasteiger partial charge in [-0.1, -0.05) is 23.7 Å². The maximum absolute atomic E-state index is 14.0. The van der Waals surface area contributed by atoms with E-state index in [2.05, 4.69) is 5.10 Å². The van der Waals surface area contributed by atoms with E-state index in [1.807, 2.05) is 19.9 Å². The second kappa shape index (κ2) is 6.45. The van der Waals surface area contributed by atoms with Gasteiger partial charge in [0, 0.05) is 18.7 Å². The van der Waals surface area contributed by atoms with E-state index < -0.39 is 5.82 Å². The Morgan fingerprint density at radius 2 is 2.19 bits per heavy atom. The van der Waals surface area contributed by atoms with Gasteiger partial charge in [-0.3, -0.25) is 4.68 Å². The Kier molecular flexibility index (Phi) is 4.85. The van der Waals surface area contributed by atoms with E-state index in [4.69, 9.17) is 22.1 Å². The molecule has 0 saturated heterocycles. The second-order valence-corrected chi connectivity index (χ2v) is 5.53. The van der Waals surface area contributed by atoms with E-state index in [1.54, 1.807) is 17.8 Å². The Balaban J connectivity index is 2.23. The SMILES string of the molecule is Cc1nn(C)c(Cl)c1COc1c(F)cccc1CC(C)N. The molecule has 1 aromatic heterocycles. The molecule has 2 N–H and O–H groups in total. The summed E-state index contributed by atoms with van der Waals surface area (Å²) >= 11 is 6.15. The second-order valence-electron chi connectivity index (χ2n) is 5.18. The van der Waals surface area contributed by atoms with Crippen molar-refractivity contribution in [1.82, 2.24) is 9.78 Å². The summed E-state index contributed by atoms with van der Waals surface area (Å²) in [5.74, 6) is -0.167. The van der Waals surface area contributed by atoms with Gasteiger partial charge in [-0.25, -0.2) is 4.39 Å². The molecule has 1 unspecified atom stereocenters. The van der Waals surface area contributed by atoms with Crippen molar-refractivity contribution in [3.8, 4) is 5.75 Å². The van der Waals surface area contributed by atoms with Crippen LogP contribution in [0, 0.1) is 12.7 Å². The number of aryl methyl sites for hydroxylation is 2. The molecule has 21 heavy (non-hydrogen) atoms. The molecular formula is C15H19ClFN3O. The van der Waals surface area contributed by atoms with Gasteiger partial charge in [0.15, 0.2) is 11.6 Å². The van der Waals surface area contributed by atoms with Gasteiger partial charge in [0.25, 0.3) is 0 Å². The molecule has 0 aliphatic rings. The molecule has 6 heteroatoms. The highest BCUT2D eigenvalue weighted by molar-refractivity contribution is 6.30. The number of ether oxygens (including phenoxy) is 1. The van der Waals surface area contributed by atoms with Crippen molar-refractivity contribution in [3.63, 3.8) is 0 Å². The number of halogens is 2. The lowest BCUT2D eigenvalue weighted by molar-refractivity contribution is 0.285. The topological polar surface area (TPSA) is 53.1 Å². The third-order valence-corrected chi connectivity index (χ3v) is 3.69. The Hall–Kier alpha value is -1.59. The van der Waals surface area contributed by atoms with Crippen LogP contribution < -0.4 is 10.5 Å². The number of para-hydroxylation sites is 1. The molecule has 0 radical (unpaired) electrons. The number of nitrogens with two attached hydrogens (primary N) is 1.